The fourth-order valence-electron chi connectivity index (χ4n) is 8.53. The van der Waals surface area contributed by atoms with Gasteiger partial charge in [0.2, 0.25) is 0 Å². The van der Waals surface area contributed by atoms with Crippen LogP contribution in [-0.2, 0) is 39.2 Å². The minimum absolute atomic E-state index is 0. The Balaban J connectivity index is 0.00000156. The standard InChI is InChI=1S/2C32H50O7S.Ca/c2*1-3-5-7-9-11-13-15-17-19-21-26-38-31(33)28-24-23-25-29(40(35,36)37)30(28)32(34)39-27-22-20-18-16-14-12-10-8-6-4-2;/h2*17-20,23-25H,3-16,21-22,26-27H2,1-2H3,(H,35,36,37);/q;;+2/p-2/b2*19-17+,20-18+;. The molecule has 0 spiro atoms. The molecule has 0 aromatic heterocycles. The van der Waals surface area contributed by atoms with E-state index in [1.54, 1.807) is 0 Å². The number of ether oxygens (including phenoxy) is 4. The third kappa shape index (κ3) is 38.8. The first-order valence-corrected chi connectivity index (χ1v) is 32.9. The third-order valence-electron chi connectivity index (χ3n) is 13.1. The zero-order valence-electron chi connectivity index (χ0n) is 49.8. The quantitative estimate of drug-likeness (QED) is 0.0150. The first-order chi connectivity index (χ1) is 38.6. The number of hydrogen-bond donors (Lipinski definition) is 0. The first-order valence-electron chi connectivity index (χ1n) is 30.1. The summed E-state index contributed by atoms with van der Waals surface area (Å²) >= 11 is 0. The van der Waals surface area contributed by atoms with Crippen LogP contribution in [-0.4, -0.2) is 114 Å². The number of rotatable bonds is 46. The molecule has 17 heteroatoms. The normalized spacial score (nSPS) is 11.7. The summed E-state index contributed by atoms with van der Waals surface area (Å²) in [5, 5.41) is 0. The van der Waals surface area contributed by atoms with Crippen LogP contribution in [0.15, 0.2) is 94.8 Å². The maximum atomic E-state index is 12.8. The summed E-state index contributed by atoms with van der Waals surface area (Å²) in [6.45, 7) is 8.91. The maximum absolute atomic E-state index is 12.8. The Labute approximate surface area is 518 Å². The average molecular weight is 1200 g/mol. The van der Waals surface area contributed by atoms with Gasteiger partial charge in [-0.2, -0.15) is 0 Å². The SMILES string of the molecule is CCCCCCCC/C=C/CCOC(=O)c1cccc(S(=O)(=O)[O-])c1C(=O)OCC/C=C/CCCCCCCC.CCCCCCCC/C=C/CCOC(=O)c1cccc(S(=O)(=O)[O-])c1C(=O)OCC/C=C/CCCCCCCC.[Ca+2]. The molecule has 2 rings (SSSR count). The molecule has 0 radical (unpaired) electrons. The molecular formula is C64H98CaO14S2. The van der Waals surface area contributed by atoms with E-state index >= 15 is 0 Å². The predicted octanol–water partition coefficient (Wildman–Crippen LogP) is 16.2. The smallest absolute Gasteiger partial charge is 0.744 e. The van der Waals surface area contributed by atoms with E-state index in [4.69, 9.17) is 18.9 Å². The topological polar surface area (TPSA) is 220 Å². The Hall–Kier alpha value is -3.64. The second-order valence-corrected chi connectivity index (χ2v) is 22.8. The molecule has 0 saturated heterocycles. The molecule has 81 heavy (non-hydrogen) atoms. The number of unbranched alkanes of at least 4 members (excludes halogenated alkanes) is 24. The van der Waals surface area contributed by atoms with E-state index in [0.29, 0.717) is 25.7 Å². The third-order valence-corrected chi connectivity index (χ3v) is 14.8. The number of benzene rings is 2. The Morgan fingerprint density at radius 2 is 0.568 bits per heavy atom. The number of carbonyl (C=O) groups is 4. The summed E-state index contributed by atoms with van der Waals surface area (Å²) in [5.41, 5.74) is -1.73. The van der Waals surface area contributed by atoms with Gasteiger partial charge in [0.1, 0.15) is 20.2 Å². The van der Waals surface area contributed by atoms with Crippen LogP contribution in [0.5, 0.6) is 0 Å². The molecule has 0 unspecified atom stereocenters. The number of esters is 4. The van der Waals surface area contributed by atoms with E-state index in [2.05, 4.69) is 39.8 Å². The van der Waals surface area contributed by atoms with Crippen molar-refractivity contribution < 1.29 is 64.1 Å². The molecule has 0 fully saturated rings. The van der Waals surface area contributed by atoms with Crippen molar-refractivity contribution in [1.82, 2.24) is 0 Å². The fourth-order valence-corrected chi connectivity index (χ4v) is 9.91. The molecule has 452 valence electrons. The molecule has 2 aromatic rings. The zero-order valence-corrected chi connectivity index (χ0v) is 53.6. The van der Waals surface area contributed by atoms with E-state index in [1.165, 1.54) is 153 Å². The second kappa shape index (κ2) is 50.8. The molecule has 14 nitrogen and oxygen atoms in total. The van der Waals surface area contributed by atoms with Crippen LogP contribution in [0.3, 0.4) is 0 Å². The molecule has 0 aliphatic heterocycles. The molecule has 0 heterocycles. The largest absolute Gasteiger partial charge is 2.00 e. The van der Waals surface area contributed by atoms with Gasteiger partial charge in [-0.3, -0.25) is 0 Å². The van der Waals surface area contributed by atoms with Crippen molar-refractivity contribution in [3.63, 3.8) is 0 Å². The Morgan fingerprint density at radius 3 is 0.815 bits per heavy atom. The molecule has 0 amide bonds. The van der Waals surface area contributed by atoms with E-state index in [-0.39, 0.29) is 75.3 Å². The van der Waals surface area contributed by atoms with Gasteiger partial charge in [0, 0.05) is 0 Å². The predicted molar refractivity (Wildman–Crippen MR) is 323 cm³/mol. The van der Waals surface area contributed by atoms with Gasteiger partial charge in [-0.15, -0.1) is 0 Å². The van der Waals surface area contributed by atoms with Crippen LogP contribution in [0, 0.1) is 0 Å². The van der Waals surface area contributed by atoms with Gasteiger partial charge in [-0.25, -0.2) is 36.0 Å². The van der Waals surface area contributed by atoms with Gasteiger partial charge in [-0.05, 0) is 101 Å². The molecule has 0 aliphatic carbocycles. The first kappa shape index (κ1) is 77.4. The summed E-state index contributed by atoms with van der Waals surface area (Å²) in [5.74, 6) is -3.82. The van der Waals surface area contributed by atoms with Gasteiger partial charge in [-0.1, -0.05) is 217 Å². The van der Waals surface area contributed by atoms with Crippen molar-refractivity contribution in [2.75, 3.05) is 26.4 Å². The summed E-state index contributed by atoms with van der Waals surface area (Å²) in [4.78, 5) is 49.4. The second-order valence-electron chi connectivity index (χ2n) is 20.1. The van der Waals surface area contributed by atoms with Gasteiger partial charge >= 0.3 is 61.6 Å². The van der Waals surface area contributed by atoms with Gasteiger partial charge in [0.25, 0.3) is 0 Å². The van der Waals surface area contributed by atoms with Gasteiger partial charge in [0.15, 0.2) is 0 Å². The summed E-state index contributed by atoms with van der Waals surface area (Å²) in [7, 11) is -10.0. The monoisotopic (exact) mass is 1190 g/mol. The van der Waals surface area contributed by atoms with Crippen LogP contribution < -0.4 is 0 Å². The van der Waals surface area contributed by atoms with Crippen molar-refractivity contribution in [3.8, 4) is 0 Å². The van der Waals surface area contributed by atoms with Crippen molar-refractivity contribution >= 4 is 81.9 Å². The van der Waals surface area contributed by atoms with Gasteiger partial charge in [0.05, 0.1) is 58.5 Å². The maximum Gasteiger partial charge on any atom is 2.00 e. The summed E-state index contributed by atoms with van der Waals surface area (Å²) in [6, 6.07) is 7.01. The summed E-state index contributed by atoms with van der Waals surface area (Å²) in [6.07, 6.45) is 50.9. The fraction of sp³-hybridized carbons (Fsp3) is 0.625. The molecule has 0 N–H and O–H groups in total. The van der Waals surface area contributed by atoms with Crippen molar-refractivity contribution in [2.45, 2.75) is 243 Å². The number of allylic oxidation sites excluding steroid dienone is 4. The van der Waals surface area contributed by atoms with Crippen molar-refractivity contribution in [3.05, 3.63) is 107 Å². The zero-order chi connectivity index (χ0) is 59.0. The molecule has 0 saturated carbocycles. The minimum atomic E-state index is -5.02. The van der Waals surface area contributed by atoms with Crippen LogP contribution in [0.1, 0.15) is 275 Å². The Kier molecular flexibility index (Phi) is 48.6. The average Bonchev–Trinajstić information content (AvgIpc) is 3.45. The molecule has 0 bridgehead atoms. The molecule has 0 atom stereocenters. The summed E-state index contributed by atoms with van der Waals surface area (Å²) < 4.78 is 91.9. The van der Waals surface area contributed by atoms with Crippen LogP contribution in [0.2, 0.25) is 0 Å². The molecule has 2 aromatic carbocycles. The van der Waals surface area contributed by atoms with Crippen molar-refractivity contribution in [1.29, 1.82) is 0 Å². The van der Waals surface area contributed by atoms with Crippen LogP contribution in [0.4, 0.5) is 0 Å². The van der Waals surface area contributed by atoms with Crippen molar-refractivity contribution in [2.24, 2.45) is 0 Å². The Morgan fingerprint density at radius 1 is 0.346 bits per heavy atom. The van der Waals surface area contributed by atoms with E-state index in [0.717, 1.165) is 63.5 Å². The Bertz CT molecular complexity index is 2200. The van der Waals surface area contributed by atoms with Crippen LogP contribution in [0.25, 0.3) is 0 Å². The number of carbonyl (C=O) groups excluding carboxylic acids is 4. The van der Waals surface area contributed by atoms with Crippen LogP contribution >= 0.6 is 0 Å². The molecular weight excluding hydrogens is 1100 g/mol. The number of hydrogen-bond acceptors (Lipinski definition) is 14. The van der Waals surface area contributed by atoms with E-state index in [1.807, 2.05) is 36.5 Å². The van der Waals surface area contributed by atoms with E-state index in [9.17, 15) is 45.1 Å². The minimum Gasteiger partial charge on any atom is -0.744 e. The van der Waals surface area contributed by atoms with E-state index < -0.39 is 65.0 Å². The van der Waals surface area contributed by atoms with Gasteiger partial charge < -0.3 is 28.1 Å². The molecule has 0 aliphatic rings.